The summed E-state index contributed by atoms with van der Waals surface area (Å²) in [4.78, 5) is 14.1. The number of fused-ring (bicyclic) bond motifs is 1. The molecule has 0 spiro atoms. The first kappa shape index (κ1) is 20.5. The monoisotopic (exact) mass is 499 g/mol. The zero-order valence-electron chi connectivity index (χ0n) is 16.9. The van der Waals surface area contributed by atoms with Gasteiger partial charge < -0.3 is 0 Å². The smallest absolute Gasteiger partial charge is 0.268 e. The maximum Gasteiger partial charge on any atom is 0.271 e. The second-order valence-electron chi connectivity index (χ2n) is 7.27. The molecule has 1 aromatic heterocycles. The van der Waals surface area contributed by atoms with E-state index in [1.807, 2.05) is 103 Å². The number of nitrogens with zero attached hydrogens (tertiary/aromatic N) is 3. The molecule has 0 saturated heterocycles. The Morgan fingerprint density at radius 2 is 1.50 bits per heavy atom. The van der Waals surface area contributed by atoms with Crippen molar-refractivity contribution in [3.05, 3.63) is 132 Å². The van der Waals surface area contributed by atoms with Crippen molar-refractivity contribution in [3.63, 3.8) is 0 Å². The van der Waals surface area contributed by atoms with Gasteiger partial charge in [0.25, 0.3) is 5.56 Å². The average molecular weight is 500 g/mol. The largest absolute Gasteiger partial charge is 0.271 e. The first-order chi connectivity index (χ1) is 15.7. The fraction of sp³-hybridized carbons (Fsp3) is 0.0385. The summed E-state index contributed by atoms with van der Waals surface area (Å²) < 4.78 is 3.18. The highest BCUT2D eigenvalue weighted by Crippen LogP contribution is 2.24. The predicted octanol–water partition coefficient (Wildman–Crippen LogP) is 4.75. The molecule has 0 aliphatic carbocycles. The van der Waals surface area contributed by atoms with Crippen LogP contribution in [-0.2, 0) is 0 Å². The summed E-state index contributed by atoms with van der Waals surface area (Å²) in [5.41, 5.74) is 3.68. The second kappa shape index (κ2) is 9.02. The van der Waals surface area contributed by atoms with Crippen molar-refractivity contribution in [1.82, 2.24) is 4.57 Å². The van der Waals surface area contributed by atoms with E-state index in [9.17, 15) is 4.79 Å². The van der Waals surface area contributed by atoms with Gasteiger partial charge in [0.1, 0.15) is 6.04 Å². The number of hydrogen-bond donors (Lipinski definition) is 0. The van der Waals surface area contributed by atoms with E-state index in [-0.39, 0.29) is 11.6 Å². The molecular weight excluding hydrogens is 482 g/mol. The second-order valence-corrected chi connectivity index (χ2v) is 9.20. The van der Waals surface area contributed by atoms with Crippen LogP contribution in [0.2, 0.25) is 0 Å². The number of halogens is 1. The van der Waals surface area contributed by atoms with Gasteiger partial charge in [-0.3, -0.25) is 9.36 Å². The van der Waals surface area contributed by atoms with Crippen LogP contribution in [0.15, 0.2) is 110 Å². The summed E-state index contributed by atoms with van der Waals surface area (Å²) in [6, 6.07) is 29.5. The van der Waals surface area contributed by atoms with Crippen molar-refractivity contribution in [3.8, 4) is 0 Å². The Morgan fingerprint density at radius 1 is 0.875 bits per heavy atom. The van der Waals surface area contributed by atoms with Crippen LogP contribution in [0.3, 0.4) is 0 Å². The highest BCUT2D eigenvalue weighted by Gasteiger charge is 2.28. The molecule has 4 nitrogen and oxygen atoms in total. The normalized spacial score (nSPS) is 16.3. The van der Waals surface area contributed by atoms with Crippen LogP contribution < -0.4 is 14.9 Å². The molecule has 32 heavy (non-hydrogen) atoms. The van der Waals surface area contributed by atoms with Gasteiger partial charge in [0.2, 0.25) is 4.80 Å². The Balaban J connectivity index is 1.66. The molecule has 5 rings (SSSR count). The van der Waals surface area contributed by atoms with Crippen molar-refractivity contribution in [2.24, 2.45) is 10.2 Å². The van der Waals surface area contributed by atoms with Gasteiger partial charge >= 0.3 is 0 Å². The van der Waals surface area contributed by atoms with E-state index in [2.05, 4.69) is 26.1 Å². The van der Waals surface area contributed by atoms with Crippen LogP contribution in [-0.4, -0.2) is 10.3 Å². The van der Waals surface area contributed by atoms with Gasteiger partial charge in [-0.05, 0) is 23.3 Å². The van der Waals surface area contributed by atoms with Gasteiger partial charge in [-0.15, -0.1) is 10.2 Å². The Kier molecular flexibility index (Phi) is 5.79. The lowest BCUT2D eigenvalue weighted by atomic mass is 9.96. The molecule has 1 atom stereocenters. The number of thiazole rings is 1. The lowest BCUT2D eigenvalue weighted by Gasteiger charge is -2.22. The zero-order valence-corrected chi connectivity index (χ0v) is 19.3. The molecule has 0 N–H and O–H groups in total. The summed E-state index contributed by atoms with van der Waals surface area (Å²) in [5.74, 6) is 0. The third-order valence-electron chi connectivity index (χ3n) is 5.16. The van der Waals surface area contributed by atoms with E-state index < -0.39 is 0 Å². The van der Waals surface area contributed by atoms with Gasteiger partial charge in [-0.1, -0.05) is 118 Å². The SMILES string of the molecule is O=c1c(=C/C(Br)=C\c2ccccc2)sc2n1[C@H](c1ccccc1)C(c1ccccc1)=NN=2. The quantitative estimate of drug-likeness (QED) is 0.399. The molecule has 1 aliphatic heterocycles. The summed E-state index contributed by atoms with van der Waals surface area (Å²) >= 11 is 4.94. The maximum absolute atomic E-state index is 13.5. The van der Waals surface area contributed by atoms with Gasteiger partial charge in [0.05, 0.1) is 10.2 Å². The zero-order chi connectivity index (χ0) is 21.9. The third kappa shape index (κ3) is 4.07. The van der Waals surface area contributed by atoms with E-state index >= 15 is 0 Å². The molecule has 0 radical (unpaired) electrons. The van der Waals surface area contributed by atoms with Crippen LogP contribution in [0, 0.1) is 0 Å². The van der Waals surface area contributed by atoms with Crippen LogP contribution in [0.5, 0.6) is 0 Å². The summed E-state index contributed by atoms with van der Waals surface area (Å²) in [5, 5.41) is 8.97. The highest BCUT2D eigenvalue weighted by molar-refractivity contribution is 9.12. The van der Waals surface area contributed by atoms with Gasteiger partial charge in [-0.25, -0.2) is 0 Å². The minimum Gasteiger partial charge on any atom is -0.268 e. The minimum atomic E-state index is -0.339. The van der Waals surface area contributed by atoms with Crippen LogP contribution in [0.25, 0.3) is 12.2 Å². The van der Waals surface area contributed by atoms with Crippen molar-refractivity contribution in [2.45, 2.75) is 6.04 Å². The molecule has 0 amide bonds. The van der Waals surface area contributed by atoms with Crippen molar-refractivity contribution < 1.29 is 0 Å². The fourth-order valence-electron chi connectivity index (χ4n) is 3.70. The van der Waals surface area contributed by atoms with Crippen LogP contribution in [0.4, 0.5) is 0 Å². The van der Waals surface area contributed by atoms with Gasteiger partial charge in [0, 0.05) is 10.0 Å². The molecule has 156 valence electrons. The lowest BCUT2D eigenvalue weighted by Crippen LogP contribution is -2.40. The Hall–Kier alpha value is -3.35. The molecule has 0 bridgehead atoms. The topological polar surface area (TPSA) is 46.7 Å². The lowest BCUT2D eigenvalue weighted by molar-refractivity contribution is 0.657. The first-order valence-electron chi connectivity index (χ1n) is 10.1. The van der Waals surface area contributed by atoms with E-state index in [1.165, 1.54) is 11.3 Å². The Morgan fingerprint density at radius 3 is 2.19 bits per heavy atom. The van der Waals surface area contributed by atoms with Crippen molar-refractivity contribution >= 4 is 45.1 Å². The molecule has 0 fully saturated rings. The molecular formula is C26H18BrN3OS. The highest BCUT2D eigenvalue weighted by atomic mass is 79.9. The Bertz CT molecular complexity index is 1490. The molecule has 6 heteroatoms. The number of allylic oxidation sites excluding steroid dienone is 1. The van der Waals surface area contributed by atoms with Crippen LogP contribution in [0.1, 0.15) is 22.7 Å². The maximum atomic E-state index is 13.5. The summed E-state index contributed by atoms with van der Waals surface area (Å²) in [7, 11) is 0. The molecule has 0 saturated carbocycles. The number of hydrogen-bond acceptors (Lipinski definition) is 4. The van der Waals surface area contributed by atoms with E-state index in [0.29, 0.717) is 9.33 Å². The van der Waals surface area contributed by atoms with E-state index in [4.69, 9.17) is 0 Å². The molecule has 0 unspecified atom stereocenters. The first-order valence-corrected chi connectivity index (χ1v) is 11.7. The Labute approximate surface area is 197 Å². The minimum absolute atomic E-state index is 0.0793. The molecule has 3 aromatic carbocycles. The molecule has 2 heterocycles. The number of rotatable bonds is 4. The van der Waals surface area contributed by atoms with Gasteiger partial charge in [-0.2, -0.15) is 0 Å². The average Bonchev–Trinajstić information content (AvgIpc) is 3.15. The number of aromatic nitrogens is 1. The van der Waals surface area contributed by atoms with Crippen molar-refractivity contribution in [2.75, 3.05) is 0 Å². The van der Waals surface area contributed by atoms with Gasteiger partial charge in [0.15, 0.2) is 0 Å². The molecule has 1 aliphatic rings. The summed E-state index contributed by atoms with van der Waals surface area (Å²) in [6.45, 7) is 0. The molecule has 4 aromatic rings. The summed E-state index contributed by atoms with van der Waals surface area (Å²) in [6.07, 6.45) is 3.84. The number of benzene rings is 3. The fourth-order valence-corrected chi connectivity index (χ4v) is 5.28. The predicted molar refractivity (Wildman–Crippen MR) is 135 cm³/mol. The standard InChI is InChI=1S/C26H18BrN3OS/c27-21(16-18-10-4-1-5-11-18)17-22-25(31)30-24(20-14-8-3-9-15-20)23(28-29-26(30)32-22)19-12-6-2-7-13-19/h1-17,24H/b21-16+,22-17?/t24-/m1/s1. The van der Waals surface area contributed by atoms with E-state index in [0.717, 1.165) is 26.9 Å². The van der Waals surface area contributed by atoms with E-state index in [1.54, 1.807) is 4.57 Å². The van der Waals surface area contributed by atoms with Crippen LogP contribution >= 0.6 is 27.3 Å². The van der Waals surface area contributed by atoms with Crippen molar-refractivity contribution in [1.29, 1.82) is 0 Å². The third-order valence-corrected chi connectivity index (χ3v) is 6.59.